The summed E-state index contributed by atoms with van der Waals surface area (Å²) in [5.41, 5.74) is 0. The first-order valence-corrected chi connectivity index (χ1v) is 31.6. The first-order chi connectivity index (χ1) is 34.5. The molecule has 0 heterocycles. The molecule has 2 unspecified atom stereocenters. The van der Waals surface area contributed by atoms with Crippen LogP contribution in [0, 0.1) is 0 Å². The fraction of sp³-hybridized carbons (Fsp3) is 0.906. The predicted molar refractivity (Wildman–Crippen MR) is 306 cm³/mol. The predicted octanol–water partition coefficient (Wildman–Crippen LogP) is 19.8. The highest BCUT2D eigenvalue weighted by atomic mass is 16.5. The first kappa shape index (κ1) is 68.3. The fourth-order valence-corrected chi connectivity index (χ4v) is 9.91. The quantitative estimate of drug-likeness (QED) is 0.0321. The molecule has 3 N–H and O–H groups in total. The minimum atomic E-state index is -0.676. The third kappa shape index (κ3) is 55.7. The number of carbonyl (C=O) groups is 2. The minimum Gasteiger partial charge on any atom is -0.466 e. The Kier molecular flexibility index (Phi) is 58.5. The van der Waals surface area contributed by atoms with Crippen molar-refractivity contribution in [2.24, 2.45) is 0 Å². The van der Waals surface area contributed by atoms with E-state index in [-0.39, 0.29) is 18.5 Å². The molecule has 0 saturated heterocycles. The van der Waals surface area contributed by atoms with Crippen LogP contribution in [-0.4, -0.2) is 47.4 Å². The second-order valence-electron chi connectivity index (χ2n) is 21.7. The summed E-state index contributed by atoms with van der Waals surface area (Å²) in [4.78, 5) is 24.5. The molecule has 0 aliphatic heterocycles. The average Bonchev–Trinajstić information content (AvgIpc) is 3.36. The van der Waals surface area contributed by atoms with Crippen molar-refractivity contribution in [2.75, 3.05) is 13.2 Å². The zero-order valence-corrected chi connectivity index (χ0v) is 47.3. The second-order valence-corrected chi connectivity index (χ2v) is 21.7. The topological polar surface area (TPSA) is 95.9 Å². The molecule has 0 rings (SSSR count). The lowest BCUT2D eigenvalue weighted by Gasteiger charge is -2.22. The Bertz CT molecular complexity index is 1090. The lowest BCUT2D eigenvalue weighted by atomic mass is 10.0. The van der Waals surface area contributed by atoms with Crippen molar-refractivity contribution in [1.29, 1.82) is 0 Å². The molecule has 0 bridgehead atoms. The van der Waals surface area contributed by atoms with Crippen molar-refractivity contribution in [3.8, 4) is 0 Å². The van der Waals surface area contributed by atoms with Crippen molar-refractivity contribution in [2.45, 2.75) is 360 Å². The summed E-state index contributed by atoms with van der Waals surface area (Å²) in [6, 6.07) is -0.555. The van der Waals surface area contributed by atoms with Gasteiger partial charge in [0, 0.05) is 12.8 Å². The zero-order chi connectivity index (χ0) is 50.7. The number of aliphatic hydroxyl groups is 2. The summed E-state index contributed by atoms with van der Waals surface area (Å²) in [7, 11) is 0. The number of amides is 1. The molecule has 0 fully saturated rings. The van der Waals surface area contributed by atoms with Crippen LogP contribution in [0.5, 0.6) is 0 Å². The summed E-state index contributed by atoms with van der Waals surface area (Å²) in [5, 5.41) is 23.4. The maximum absolute atomic E-state index is 12.5. The molecular formula is C64H123NO5. The van der Waals surface area contributed by atoms with Crippen molar-refractivity contribution < 1.29 is 24.5 Å². The van der Waals surface area contributed by atoms with Crippen LogP contribution in [0.4, 0.5) is 0 Å². The number of hydrogen-bond acceptors (Lipinski definition) is 5. The number of nitrogens with one attached hydrogen (secondary N) is 1. The Balaban J connectivity index is 3.48. The van der Waals surface area contributed by atoms with Gasteiger partial charge in [0.25, 0.3) is 0 Å². The molecule has 0 aliphatic rings. The van der Waals surface area contributed by atoms with Crippen LogP contribution in [0.25, 0.3) is 0 Å². The van der Waals surface area contributed by atoms with Crippen LogP contribution in [-0.2, 0) is 14.3 Å². The molecule has 70 heavy (non-hydrogen) atoms. The Hall–Kier alpha value is -1.66. The van der Waals surface area contributed by atoms with Gasteiger partial charge < -0.3 is 20.3 Å². The number of esters is 1. The SMILES string of the molecule is CCCCCCCCCCCCCCCCCCCCCCCCCCC(O)C(CO)NC(=O)CCCCCCCCC/C=C\C/C=C\CCCCCOC(=O)CCCCCCCCCCCCCC. The first-order valence-electron chi connectivity index (χ1n) is 31.6. The van der Waals surface area contributed by atoms with Gasteiger partial charge >= 0.3 is 5.97 Å². The van der Waals surface area contributed by atoms with E-state index in [2.05, 4.69) is 43.5 Å². The summed E-state index contributed by atoms with van der Waals surface area (Å²) in [5.74, 6) is -0.0613. The van der Waals surface area contributed by atoms with Gasteiger partial charge in [-0.05, 0) is 64.2 Å². The number of ether oxygens (including phenoxy) is 1. The molecule has 0 radical (unpaired) electrons. The molecule has 414 valence electrons. The van der Waals surface area contributed by atoms with Crippen molar-refractivity contribution in [3.63, 3.8) is 0 Å². The van der Waals surface area contributed by atoms with Gasteiger partial charge in [0.2, 0.25) is 5.91 Å². The molecule has 0 spiro atoms. The maximum Gasteiger partial charge on any atom is 0.305 e. The zero-order valence-electron chi connectivity index (χ0n) is 47.3. The molecule has 0 aromatic heterocycles. The molecule has 1 amide bonds. The molecular weight excluding hydrogens is 863 g/mol. The second kappa shape index (κ2) is 59.9. The van der Waals surface area contributed by atoms with E-state index in [4.69, 9.17) is 4.74 Å². The highest BCUT2D eigenvalue weighted by Crippen LogP contribution is 2.18. The van der Waals surface area contributed by atoms with E-state index in [0.717, 1.165) is 83.5 Å². The van der Waals surface area contributed by atoms with Gasteiger partial charge in [-0.1, -0.05) is 295 Å². The average molecular weight is 987 g/mol. The normalized spacial score (nSPS) is 12.7. The molecule has 0 aromatic carbocycles. The van der Waals surface area contributed by atoms with Gasteiger partial charge in [-0.2, -0.15) is 0 Å². The maximum atomic E-state index is 12.5. The third-order valence-electron chi connectivity index (χ3n) is 14.8. The number of rotatable bonds is 59. The number of aliphatic hydroxyl groups excluding tert-OH is 2. The Labute approximate surface area is 437 Å². The van der Waals surface area contributed by atoms with E-state index in [0.29, 0.717) is 25.9 Å². The van der Waals surface area contributed by atoms with Gasteiger partial charge in [0.05, 0.1) is 25.4 Å². The molecule has 2 atom stereocenters. The van der Waals surface area contributed by atoms with Gasteiger partial charge in [0.1, 0.15) is 0 Å². The van der Waals surface area contributed by atoms with Crippen LogP contribution in [0.1, 0.15) is 348 Å². The van der Waals surface area contributed by atoms with Crippen LogP contribution in [0.2, 0.25) is 0 Å². The molecule has 6 nitrogen and oxygen atoms in total. The smallest absolute Gasteiger partial charge is 0.305 e. The minimum absolute atomic E-state index is 0.0140. The lowest BCUT2D eigenvalue weighted by molar-refractivity contribution is -0.143. The van der Waals surface area contributed by atoms with E-state index >= 15 is 0 Å². The molecule has 0 saturated carbocycles. The standard InChI is InChI=1S/C64H123NO5/c1-3-5-7-9-11-13-15-17-18-19-20-21-22-23-24-25-27-30-33-36-40-44-48-52-56-62(67)61(60-66)65-63(68)57-53-49-45-41-37-34-31-28-26-29-32-35-39-43-47-51-55-59-70-64(69)58-54-50-46-42-38-16-14-12-10-8-6-4-2/h26,29,35,39,61-62,66-67H,3-25,27-28,30-34,36-38,40-60H2,1-2H3,(H,65,68)/b29-26-,39-35-. The molecule has 0 aliphatic carbocycles. The summed E-state index contributed by atoms with van der Waals surface area (Å²) >= 11 is 0. The van der Waals surface area contributed by atoms with Crippen molar-refractivity contribution in [3.05, 3.63) is 24.3 Å². The van der Waals surface area contributed by atoms with E-state index in [9.17, 15) is 19.8 Å². The molecule has 6 heteroatoms. The number of unbranched alkanes of at least 4 members (excludes halogenated alkanes) is 44. The van der Waals surface area contributed by atoms with Gasteiger partial charge in [0.15, 0.2) is 0 Å². The Morgan fingerprint density at radius 2 is 0.714 bits per heavy atom. The largest absolute Gasteiger partial charge is 0.466 e. The van der Waals surface area contributed by atoms with Gasteiger partial charge in [-0.3, -0.25) is 9.59 Å². The van der Waals surface area contributed by atoms with Crippen molar-refractivity contribution in [1.82, 2.24) is 5.32 Å². The van der Waals surface area contributed by atoms with Crippen LogP contribution >= 0.6 is 0 Å². The van der Waals surface area contributed by atoms with Gasteiger partial charge in [-0.15, -0.1) is 0 Å². The van der Waals surface area contributed by atoms with E-state index in [1.54, 1.807) is 0 Å². The van der Waals surface area contributed by atoms with Crippen LogP contribution < -0.4 is 5.32 Å². The number of carbonyl (C=O) groups excluding carboxylic acids is 2. The van der Waals surface area contributed by atoms with E-state index in [1.807, 2.05) is 0 Å². The van der Waals surface area contributed by atoms with Crippen molar-refractivity contribution >= 4 is 11.9 Å². The van der Waals surface area contributed by atoms with Crippen LogP contribution in [0.15, 0.2) is 24.3 Å². The molecule has 0 aromatic rings. The third-order valence-corrected chi connectivity index (χ3v) is 14.8. The van der Waals surface area contributed by atoms with Crippen LogP contribution in [0.3, 0.4) is 0 Å². The summed E-state index contributed by atoms with van der Waals surface area (Å²) in [6.45, 7) is 4.93. The summed E-state index contributed by atoms with van der Waals surface area (Å²) in [6.07, 6.45) is 73.3. The monoisotopic (exact) mass is 986 g/mol. The Morgan fingerprint density at radius 3 is 1.09 bits per heavy atom. The van der Waals surface area contributed by atoms with E-state index < -0.39 is 12.1 Å². The Morgan fingerprint density at radius 1 is 0.400 bits per heavy atom. The van der Waals surface area contributed by atoms with Gasteiger partial charge in [-0.25, -0.2) is 0 Å². The number of allylic oxidation sites excluding steroid dienone is 4. The fourth-order valence-electron chi connectivity index (χ4n) is 9.91. The summed E-state index contributed by atoms with van der Waals surface area (Å²) < 4.78 is 5.45. The van der Waals surface area contributed by atoms with E-state index in [1.165, 1.54) is 231 Å². The highest BCUT2D eigenvalue weighted by Gasteiger charge is 2.20. The number of hydrogen-bond donors (Lipinski definition) is 3. The highest BCUT2D eigenvalue weighted by molar-refractivity contribution is 5.76. The lowest BCUT2D eigenvalue weighted by Crippen LogP contribution is -2.45.